The maximum atomic E-state index is 14.7. The van der Waals surface area contributed by atoms with Gasteiger partial charge in [-0.15, -0.1) is 11.3 Å². The third-order valence-electron chi connectivity index (χ3n) is 5.98. The second-order valence-electron chi connectivity index (χ2n) is 7.89. The van der Waals surface area contributed by atoms with Crippen molar-refractivity contribution in [1.82, 2.24) is 16.0 Å². The largest absolute Gasteiger partial charge is 0.354 e. The molecule has 2 amide bonds. The highest BCUT2D eigenvalue weighted by molar-refractivity contribution is 7.12. The fourth-order valence-corrected chi connectivity index (χ4v) is 5.25. The molecule has 1 aromatic carbocycles. The van der Waals surface area contributed by atoms with Gasteiger partial charge in [0.1, 0.15) is 11.9 Å². The predicted octanol–water partition coefficient (Wildman–Crippen LogP) is 3.63. The van der Waals surface area contributed by atoms with Crippen LogP contribution in [0.15, 0.2) is 29.6 Å². The van der Waals surface area contributed by atoms with Crippen LogP contribution in [-0.4, -0.2) is 37.0 Å². The molecule has 0 spiro atoms. The average molecular weight is 457 g/mol. The molecule has 4 atom stereocenters. The first-order valence-corrected chi connectivity index (χ1v) is 11.9. The van der Waals surface area contributed by atoms with Crippen molar-refractivity contribution in [2.24, 2.45) is 5.92 Å². The lowest BCUT2D eigenvalue weighted by molar-refractivity contribution is -0.124. The summed E-state index contributed by atoms with van der Waals surface area (Å²) in [6.07, 6.45) is 3.24. The minimum absolute atomic E-state index is 0.0995. The van der Waals surface area contributed by atoms with Gasteiger partial charge in [-0.1, -0.05) is 26.0 Å². The molecular weight excluding hydrogens is 427 g/mol. The quantitative estimate of drug-likeness (QED) is 0.619. The van der Waals surface area contributed by atoms with E-state index in [-0.39, 0.29) is 24.3 Å². The number of fused-ring (bicyclic) bond motifs is 2. The second kappa shape index (κ2) is 10.7. The van der Waals surface area contributed by atoms with Gasteiger partial charge in [-0.3, -0.25) is 9.59 Å². The number of nitrogens with zero attached hydrogens (tertiary/aromatic N) is 1. The van der Waals surface area contributed by atoms with Crippen molar-refractivity contribution < 1.29 is 14.0 Å². The molecule has 3 unspecified atom stereocenters. The van der Waals surface area contributed by atoms with Crippen LogP contribution in [0, 0.1) is 23.1 Å². The predicted molar refractivity (Wildman–Crippen MR) is 124 cm³/mol. The molecule has 8 heteroatoms. The SMILES string of the molecule is CC.CNC(=O)c1cc(-c2ccc(C[C@@H](C#N)NC(=O)C3NC4CCC3C4)c(F)c2)cs1. The molecule has 1 aliphatic heterocycles. The number of hydrogen-bond acceptors (Lipinski definition) is 5. The van der Waals surface area contributed by atoms with E-state index in [0.29, 0.717) is 28.0 Å². The summed E-state index contributed by atoms with van der Waals surface area (Å²) in [5.74, 6) is -0.463. The summed E-state index contributed by atoms with van der Waals surface area (Å²) in [7, 11) is 1.56. The van der Waals surface area contributed by atoms with Crippen molar-refractivity contribution in [3.63, 3.8) is 0 Å². The molecule has 2 bridgehead atoms. The van der Waals surface area contributed by atoms with Crippen molar-refractivity contribution in [1.29, 1.82) is 5.26 Å². The lowest BCUT2D eigenvalue weighted by Crippen LogP contribution is -2.50. The lowest BCUT2D eigenvalue weighted by atomic mass is 9.98. The van der Waals surface area contributed by atoms with E-state index in [1.54, 1.807) is 30.6 Å². The number of carbonyl (C=O) groups is 2. The molecule has 6 nitrogen and oxygen atoms in total. The van der Waals surface area contributed by atoms with Gasteiger partial charge in [0.05, 0.1) is 17.0 Å². The number of carbonyl (C=O) groups excluding carboxylic acids is 2. The average Bonchev–Trinajstić information content (AvgIpc) is 3.57. The number of rotatable bonds is 6. The van der Waals surface area contributed by atoms with Crippen LogP contribution in [0.4, 0.5) is 4.39 Å². The third-order valence-corrected chi connectivity index (χ3v) is 6.90. The van der Waals surface area contributed by atoms with Crippen LogP contribution >= 0.6 is 11.3 Å². The number of nitrogens with one attached hydrogen (secondary N) is 3. The van der Waals surface area contributed by atoms with Crippen molar-refractivity contribution in [3.05, 3.63) is 45.9 Å². The molecule has 4 rings (SSSR count). The number of halogens is 1. The van der Waals surface area contributed by atoms with Crippen LogP contribution in [0.1, 0.15) is 48.3 Å². The molecule has 2 aromatic rings. The van der Waals surface area contributed by atoms with E-state index in [1.165, 1.54) is 17.4 Å². The second-order valence-corrected chi connectivity index (χ2v) is 8.80. The Labute approximate surface area is 192 Å². The van der Waals surface area contributed by atoms with E-state index < -0.39 is 11.9 Å². The maximum Gasteiger partial charge on any atom is 0.261 e. The summed E-state index contributed by atoms with van der Waals surface area (Å²) >= 11 is 1.29. The van der Waals surface area contributed by atoms with Crippen LogP contribution < -0.4 is 16.0 Å². The minimum atomic E-state index is -0.792. The minimum Gasteiger partial charge on any atom is -0.354 e. The monoisotopic (exact) mass is 456 g/mol. The van der Waals surface area contributed by atoms with Gasteiger partial charge in [0, 0.05) is 19.5 Å². The maximum absolute atomic E-state index is 14.7. The number of benzene rings is 1. The smallest absolute Gasteiger partial charge is 0.261 e. The van der Waals surface area contributed by atoms with Crippen LogP contribution in [0.3, 0.4) is 0 Å². The van der Waals surface area contributed by atoms with E-state index in [4.69, 9.17) is 0 Å². The van der Waals surface area contributed by atoms with Gasteiger partial charge in [0.2, 0.25) is 5.91 Å². The number of hydrogen-bond donors (Lipinski definition) is 3. The molecule has 1 aromatic heterocycles. The standard InChI is InChI=1S/C22H23FN4O2S.C2H6/c1-25-21(28)19-9-15(11-30-19)12-2-3-13(18(23)8-12)6-17(10-24)27-22(29)20-14-4-5-16(7-14)26-20;1-2/h2-3,8-9,11,14,16-17,20,26H,4-7H2,1H3,(H,25,28)(H,27,29);1-2H3/t14?,16?,17-,20?;/m0./s1. The fraction of sp³-hybridized carbons (Fsp3) is 0.458. The van der Waals surface area contributed by atoms with Crippen LogP contribution in [0.5, 0.6) is 0 Å². The topological polar surface area (TPSA) is 94.0 Å². The highest BCUT2D eigenvalue weighted by atomic mass is 32.1. The molecule has 1 saturated carbocycles. The Kier molecular flexibility index (Phi) is 7.99. The van der Waals surface area contributed by atoms with E-state index in [0.717, 1.165) is 24.8 Å². The third kappa shape index (κ3) is 5.17. The first-order chi connectivity index (χ1) is 15.5. The van der Waals surface area contributed by atoms with Crippen LogP contribution in [0.2, 0.25) is 0 Å². The van der Waals surface area contributed by atoms with Crippen LogP contribution in [-0.2, 0) is 11.2 Å². The van der Waals surface area contributed by atoms with Gasteiger partial charge in [0.15, 0.2) is 0 Å². The van der Waals surface area contributed by atoms with E-state index >= 15 is 0 Å². The van der Waals surface area contributed by atoms with Crippen LogP contribution in [0.25, 0.3) is 11.1 Å². The molecular formula is C24H29FN4O2S. The Hall–Kier alpha value is -2.76. The van der Waals surface area contributed by atoms with Gasteiger partial charge < -0.3 is 16.0 Å². The summed E-state index contributed by atoms with van der Waals surface area (Å²) < 4.78 is 14.7. The van der Waals surface area contributed by atoms with Crippen molar-refractivity contribution in [2.45, 2.75) is 57.7 Å². The highest BCUT2D eigenvalue weighted by Gasteiger charge is 2.43. The van der Waals surface area contributed by atoms with Crippen molar-refractivity contribution >= 4 is 23.2 Å². The molecule has 32 heavy (non-hydrogen) atoms. The van der Waals surface area contributed by atoms with Gasteiger partial charge >= 0.3 is 0 Å². The van der Waals surface area contributed by atoms with Gasteiger partial charge in [-0.2, -0.15) is 5.26 Å². The van der Waals surface area contributed by atoms with E-state index in [1.807, 2.05) is 13.8 Å². The van der Waals surface area contributed by atoms with E-state index in [2.05, 4.69) is 22.0 Å². The summed E-state index contributed by atoms with van der Waals surface area (Å²) in [6.45, 7) is 4.00. The first kappa shape index (κ1) is 23.9. The molecule has 2 aliphatic rings. The van der Waals surface area contributed by atoms with Gasteiger partial charge in [-0.05, 0) is 59.4 Å². The zero-order valence-electron chi connectivity index (χ0n) is 18.6. The van der Waals surface area contributed by atoms with Gasteiger partial charge in [0.25, 0.3) is 5.91 Å². The Balaban J connectivity index is 0.00000141. The highest BCUT2D eigenvalue weighted by Crippen LogP contribution is 2.35. The Morgan fingerprint density at radius 3 is 2.66 bits per heavy atom. The molecule has 1 saturated heterocycles. The summed E-state index contributed by atoms with van der Waals surface area (Å²) in [4.78, 5) is 24.8. The molecule has 170 valence electrons. The molecule has 2 heterocycles. The number of amides is 2. The first-order valence-electron chi connectivity index (χ1n) is 11.0. The molecule has 2 fully saturated rings. The Morgan fingerprint density at radius 1 is 1.28 bits per heavy atom. The zero-order valence-corrected chi connectivity index (χ0v) is 19.4. The molecule has 0 radical (unpaired) electrons. The van der Waals surface area contributed by atoms with Crippen molar-refractivity contribution in [2.75, 3.05) is 7.05 Å². The Morgan fingerprint density at radius 2 is 2.06 bits per heavy atom. The normalized spacial score (nSPS) is 21.8. The summed E-state index contributed by atoms with van der Waals surface area (Å²) in [5, 5.41) is 19.9. The lowest BCUT2D eigenvalue weighted by Gasteiger charge is -2.23. The van der Waals surface area contributed by atoms with Crippen molar-refractivity contribution in [3.8, 4) is 17.2 Å². The van der Waals surface area contributed by atoms with E-state index in [9.17, 15) is 19.2 Å². The number of nitriles is 1. The Bertz CT molecular complexity index is 1020. The zero-order chi connectivity index (χ0) is 23.3. The van der Waals surface area contributed by atoms with Gasteiger partial charge in [-0.25, -0.2) is 4.39 Å². The molecule has 1 aliphatic carbocycles. The summed E-state index contributed by atoms with van der Waals surface area (Å²) in [6, 6.07) is 7.96. The molecule has 3 N–H and O–H groups in total. The fourth-order valence-electron chi connectivity index (χ4n) is 4.38. The number of piperidine rings is 1. The summed E-state index contributed by atoms with van der Waals surface area (Å²) in [5.41, 5.74) is 1.79. The number of thiophene rings is 1.